The predicted octanol–water partition coefficient (Wildman–Crippen LogP) is 1.45. The molecule has 0 amide bonds. The number of pyridine rings is 1. The molecule has 0 saturated carbocycles. The Balaban J connectivity index is 2.35. The van der Waals surface area contributed by atoms with Gasteiger partial charge in [-0.2, -0.15) is 0 Å². The van der Waals surface area contributed by atoms with E-state index in [1.165, 1.54) is 0 Å². The summed E-state index contributed by atoms with van der Waals surface area (Å²) in [4.78, 5) is 6.22. The van der Waals surface area contributed by atoms with Crippen LogP contribution in [0.5, 0.6) is 0 Å². The van der Waals surface area contributed by atoms with Crippen molar-refractivity contribution in [3.63, 3.8) is 0 Å². The molecule has 98 valence electrons. The van der Waals surface area contributed by atoms with Crippen LogP contribution in [0, 0.1) is 0 Å². The van der Waals surface area contributed by atoms with Crippen LogP contribution in [0.4, 0.5) is 5.69 Å². The third-order valence-electron chi connectivity index (χ3n) is 3.82. The molecule has 1 aromatic rings. The Morgan fingerprint density at radius 2 is 1.67 bits per heavy atom. The molecule has 1 aliphatic heterocycles. The fourth-order valence-electron chi connectivity index (χ4n) is 1.96. The van der Waals surface area contributed by atoms with E-state index in [2.05, 4.69) is 32.7 Å². The molecule has 5 heteroatoms. The molecule has 1 aliphatic rings. The zero-order chi connectivity index (χ0) is 13.6. The van der Waals surface area contributed by atoms with Crippen molar-refractivity contribution in [2.75, 3.05) is 19.0 Å². The van der Waals surface area contributed by atoms with E-state index in [4.69, 9.17) is 9.31 Å². The maximum atomic E-state index is 6.05. The molecule has 0 unspecified atom stereocenters. The van der Waals surface area contributed by atoms with E-state index >= 15 is 0 Å². The van der Waals surface area contributed by atoms with Gasteiger partial charge >= 0.3 is 7.12 Å². The number of nitrogens with zero attached hydrogens (tertiary/aromatic N) is 2. The zero-order valence-electron chi connectivity index (χ0n) is 12.0. The second-order valence-corrected chi connectivity index (χ2v) is 5.92. The summed E-state index contributed by atoms with van der Waals surface area (Å²) in [5.74, 6) is 0. The summed E-state index contributed by atoms with van der Waals surface area (Å²) in [5.41, 5.74) is 1.40. The molecule has 0 spiro atoms. The van der Waals surface area contributed by atoms with Crippen LogP contribution in [0.1, 0.15) is 27.7 Å². The Morgan fingerprint density at radius 3 is 2.17 bits per heavy atom. The summed E-state index contributed by atoms with van der Waals surface area (Å²) in [6.07, 6.45) is 3.60. The molecule has 4 nitrogen and oxygen atoms in total. The largest absolute Gasteiger partial charge is 0.498 e. The van der Waals surface area contributed by atoms with Crippen LogP contribution in [0.25, 0.3) is 0 Å². The van der Waals surface area contributed by atoms with Crippen molar-refractivity contribution in [2.24, 2.45) is 0 Å². The van der Waals surface area contributed by atoms with Gasteiger partial charge in [-0.05, 0) is 33.8 Å². The van der Waals surface area contributed by atoms with Crippen molar-refractivity contribution < 1.29 is 9.31 Å². The second-order valence-electron chi connectivity index (χ2n) is 5.92. The number of anilines is 1. The van der Waals surface area contributed by atoms with Crippen LogP contribution in [0.15, 0.2) is 18.5 Å². The average molecular weight is 248 g/mol. The summed E-state index contributed by atoms with van der Waals surface area (Å²) in [7, 11) is 3.65. The first-order valence-electron chi connectivity index (χ1n) is 6.21. The van der Waals surface area contributed by atoms with Gasteiger partial charge in [0, 0.05) is 37.6 Å². The molecule has 2 heterocycles. The third-order valence-corrected chi connectivity index (χ3v) is 3.82. The highest BCUT2D eigenvalue weighted by Crippen LogP contribution is 2.36. The second kappa shape index (κ2) is 4.25. The lowest BCUT2D eigenvalue weighted by Gasteiger charge is -2.32. The van der Waals surface area contributed by atoms with Gasteiger partial charge in [-0.25, -0.2) is 0 Å². The molecule has 18 heavy (non-hydrogen) atoms. The van der Waals surface area contributed by atoms with Gasteiger partial charge in [0.25, 0.3) is 0 Å². The van der Waals surface area contributed by atoms with Crippen molar-refractivity contribution in [3.8, 4) is 0 Å². The van der Waals surface area contributed by atoms with Gasteiger partial charge in [-0.1, -0.05) is 0 Å². The fourth-order valence-corrected chi connectivity index (χ4v) is 1.96. The zero-order valence-corrected chi connectivity index (χ0v) is 12.0. The van der Waals surface area contributed by atoms with E-state index in [0.717, 1.165) is 11.2 Å². The molecule has 1 saturated heterocycles. The molecule has 0 N–H and O–H groups in total. The van der Waals surface area contributed by atoms with Gasteiger partial charge in [-0.15, -0.1) is 0 Å². The molecule has 0 bridgehead atoms. The van der Waals surface area contributed by atoms with E-state index in [1.54, 1.807) is 6.20 Å². The molecule has 0 atom stereocenters. The van der Waals surface area contributed by atoms with Crippen molar-refractivity contribution in [2.45, 2.75) is 38.9 Å². The van der Waals surface area contributed by atoms with Crippen LogP contribution in [0.2, 0.25) is 0 Å². The maximum absolute atomic E-state index is 6.05. The van der Waals surface area contributed by atoms with Gasteiger partial charge in [0.15, 0.2) is 0 Å². The Hall–Kier alpha value is -1.07. The first-order valence-corrected chi connectivity index (χ1v) is 6.21. The van der Waals surface area contributed by atoms with Gasteiger partial charge in [0.2, 0.25) is 0 Å². The first-order chi connectivity index (χ1) is 8.24. The minimum absolute atomic E-state index is 0.322. The lowest BCUT2D eigenvalue weighted by molar-refractivity contribution is 0.00578. The minimum atomic E-state index is -0.360. The average Bonchev–Trinajstić information content (AvgIpc) is 2.48. The number of aromatic nitrogens is 1. The Bertz CT molecular complexity index is 430. The standard InChI is InChI=1S/C13H21BN2O2/c1-12(2)13(3,4)18-14(17-12)10-9-15-8-7-11(10)16(5)6/h7-9H,1-6H3. The Kier molecular flexibility index (Phi) is 3.15. The minimum Gasteiger partial charge on any atom is -0.399 e. The van der Waals surface area contributed by atoms with Crippen LogP contribution < -0.4 is 10.4 Å². The SMILES string of the molecule is CN(C)c1ccncc1B1OC(C)(C)C(C)(C)O1. The molecule has 0 aromatic carbocycles. The summed E-state index contributed by atoms with van der Waals surface area (Å²) in [6, 6.07) is 1.97. The van der Waals surface area contributed by atoms with Crippen LogP contribution in [-0.4, -0.2) is 37.4 Å². The normalized spacial score (nSPS) is 21.1. The highest BCUT2D eigenvalue weighted by Gasteiger charge is 2.52. The highest BCUT2D eigenvalue weighted by molar-refractivity contribution is 6.63. The Labute approximate surface area is 109 Å². The van der Waals surface area contributed by atoms with E-state index in [0.29, 0.717) is 0 Å². The Morgan fingerprint density at radius 1 is 1.11 bits per heavy atom. The topological polar surface area (TPSA) is 34.6 Å². The highest BCUT2D eigenvalue weighted by atomic mass is 16.7. The summed E-state index contributed by atoms with van der Waals surface area (Å²) < 4.78 is 12.1. The third kappa shape index (κ3) is 2.13. The number of hydrogen-bond donors (Lipinski definition) is 0. The van der Waals surface area contributed by atoms with Crippen molar-refractivity contribution >= 4 is 18.3 Å². The van der Waals surface area contributed by atoms with Gasteiger partial charge in [0.05, 0.1) is 11.2 Å². The summed E-state index contributed by atoms with van der Waals surface area (Å²) in [6.45, 7) is 8.22. The van der Waals surface area contributed by atoms with E-state index in [-0.39, 0.29) is 18.3 Å². The smallest absolute Gasteiger partial charge is 0.399 e. The number of hydrogen-bond acceptors (Lipinski definition) is 4. The lowest BCUT2D eigenvalue weighted by Crippen LogP contribution is -2.41. The van der Waals surface area contributed by atoms with Gasteiger partial charge in [-0.3, -0.25) is 4.98 Å². The predicted molar refractivity (Wildman–Crippen MR) is 74.3 cm³/mol. The molecule has 0 radical (unpaired) electrons. The number of rotatable bonds is 2. The monoisotopic (exact) mass is 248 g/mol. The molecule has 1 aromatic heterocycles. The van der Waals surface area contributed by atoms with E-state index in [9.17, 15) is 0 Å². The molecule has 0 aliphatic carbocycles. The van der Waals surface area contributed by atoms with E-state index < -0.39 is 0 Å². The summed E-state index contributed by atoms with van der Waals surface area (Å²) >= 11 is 0. The van der Waals surface area contributed by atoms with Crippen LogP contribution >= 0.6 is 0 Å². The van der Waals surface area contributed by atoms with Crippen molar-refractivity contribution in [1.82, 2.24) is 4.98 Å². The van der Waals surface area contributed by atoms with E-state index in [1.807, 2.05) is 31.3 Å². The van der Waals surface area contributed by atoms with Gasteiger partial charge < -0.3 is 14.2 Å². The lowest BCUT2D eigenvalue weighted by atomic mass is 9.79. The molecular formula is C13H21BN2O2. The molecular weight excluding hydrogens is 227 g/mol. The van der Waals surface area contributed by atoms with Crippen molar-refractivity contribution in [1.29, 1.82) is 0 Å². The summed E-state index contributed by atoms with van der Waals surface area (Å²) in [5, 5.41) is 0. The van der Waals surface area contributed by atoms with Crippen LogP contribution in [0.3, 0.4) is 0 Å². The maximum Gasteiger partial charge on any atom is 0.498 e. The molecule has 2 rings (SSSR count). The first kappa shape index (κ1) is 13.4. The van der Waals surface area contributed by atoms with Gasteiger partial charge in [0.1, 0.15) is 0 Å². The van der Waals surface area contributed by atoms with Crippen LogP contribution in [-0.2, 0) is 9.31 Å². The molecule has 1 fully saturated rings. The fraction of sp³-hybridized carbons (Fsp3) is 0.615. The van der Waals surface area contributed by atoms with Crippen molar-refractivity contribution in [3.05, 3.63) is 18.5 Å². The quantitative estimate of drug-likeness (QED) is 0.742.